The van der Waals surface area contributed by atoms with Crippen molar-refractivity contribution in [2.75, 3.05) is 13.7 Å². The summed E-state index contributed by atoms with van der Waals surface area (Å²) in [5.74, 6) is -4.84. The van der Waals surface area contributed by atoms with Crippen LogP contribution < -0.4 is 0 Å². The molecule has 2 aromatic carbocycles. The van der Waals surface area contributed by atoms with Crippen LogP contribution in [0.1, 0.15) is 30.4 Å². The number of carbonyl (C=O) groups is 3. The van der Waals surface area contributed by atoms with Gasteiger partial charge in [-0.25, -0.2) is 9.18 Å². The molecule has 4 atom stereocenters. The summed E-state index contributed by atoms with van der Waals surface area (Å²) < 4.78 is 24.6. The molecule has 3 N–H and O–H groups in total. The second kappa shape index (κ2) is 11.4. The highest BCUT2D eigenvalue weighted by atomic mass is 19.1. The van der Waals surface area contributed by atoms with Crippen molar-refractivity contribution in [3.63, 3.8) is 0 Å². The Labute approximate surface area is 230 Å². The van der Waals surface area contributed by atoms with E-state index < -0.39 is 60.5 Å². The molecule has 0 spiro atoms. The number of aromatic hydroxyl groups is 1. The Kier molecular flexibility index (Phi) is 7.89. The molecule has 208 valence electrons. The maximum absolute atomic E-state index is 14.0. The Morgan fingerprint density at radius 1 is 1.18 bits per heavy atom. The highest BCUT2D eigenvalue weighted by Gasteiger charge is 2.59. The lowest BCUT2D eigenvalue weighted by molar-refractivity contribution is -0.137. The van der Waals surface area contributed by atoms with E-state index in [0.717, 1.165) is 18.2 Å². The molecule has 3 aliphatic rings. The molecule has 2 aliphatic heterocycles. The molecular weight excluding hydrogens is 520 g/mol. The maximum atomic E-state index is 14.0. The van der Waals surface area contributed by atoms with Gasteiger partial charge in [-0.1, -0.05) is 42.5 Å². The number of aliphatic hydroxyl groups excluding tert-OH is 1. The number of hydrogen-bond acceptors (Lipinski definition) is 8. The van der Waals surface area contributed by atoms with Crippen LogP contribution in [-0.2, 0) is 19.0 Å². The zero-order valence-electron chi connectivity index (χ0n) is 21.8. The number of likely N-dealkylation sites (tertiary alicyclic amines) is 1. The molecule has 5 rings (SSSR count). The lowest BCUT2D eigenvalue weighted by Gasteiger charge is -2.42. The Bertz CT molecular complexity index is 1390. The molecule has 0 radical (unpaired) electrons. The number of fused-ring (bicyclic) bond motifs is 3. The molecule has 11 heteroatoms. The number of rotatable bonds is 6. The number of carbonyl (C=O) groups excluding carboxylic acids is 3. The van der Waals surface area contributed by atoms with Gasteiger partial charge in [0.2, 0.25) is 11.8 Å². The third-order valence-corrected chi connectivity index (χ3v) is 7.99. The summed E-state index contributed by atoms with van der Waals surface area (Å²) in [6, 6.07) is 13.6. The van der Waals surface area contributed by atoms with Gasteiger partial charge in [-0.05, 0) is 71.5 Å². The Morgan fingerprint density at radius 2 is 1.93 bits per heavy atom. The summed E-state index contributed by atoms with van der Waals surface area (Å²) in [4.78, 5) is 39.0. The van der Waals surface area contributed by atoms with E-state index in [1.807, 2.05) is 30.3 Å². The van der Waals surface area contributed by atoms with E-state index in [9.17, 15) is 34.0 Å². The van der Waals surface area contributed by atoms with Gasteiger partial charge in [0.15, 0.2) is 11.6 Å². The number of aliphatic hydroxyl groups is 1. The van der Waals surface area contributed by atoms with E-state index in [1.54, 1.807) is 12.1 Å². The Morgan fingerprint density at radius 3 is 2.60 bits per heavy atom. The predicted molar refractivity (Wildman–Crippen MR) is 143 cm³/mol. The first-order valence-corrected chi connectivity index (χ1v) is 13.1. The largest absolute Gasteiger partial charge is 0.505 e. The average molecular weight is 549 g/mol. The first-order chi connectivity index (χ1) is 19.2. The number of benzene rings is 2. The highest BCUT2D eigenvalue weighted by molar-refractivity contribution is 6.43. The van der Waals surface area contributed by atoms with Gasteiger partial charge in [0, 0.05) is 0 Å². The fourth-order valence-corrected chi connectivity index (χ4v) is 6.23. The van der Waals surface area contributed by atoms with E-state index >= 15 is 0 Å². The molecule has 1 aliphatic carbocycles. The second-order valence-corrected chi connectivity index (χ2v) is 10.2. The third-order valence-electron chi connectivity index (χ3n) is 7.99. The standard InChI is InChI=1S/C29H29BFNO8/c1-39-29(37)32-27(35)20-13-19(15-33)25-21(26(20)28(32)36)14-30(38)40-24(25)10-8-18(17-5-3-2-4-6-17)11-16-7-9-23(34)22(31)12-16/h2-7,9,11-12,20-21,24,26,33-34,38H,8,10,13-15H2,1H3/b18-11-/t20-,21+,24-,26-/m1/s1. The van der Waals surface area contributed by atoms with Crippen LogP contribution >= 0.6 is 0 Å². The number of allylic oxidation sites excluding steroid dienone is 1. The highest BCUT2D eigenvalue weighted by Crippen LogP contribution is 2.50. The lowest BCUT2D eigenvalue weighted by atomic mass is 9.58. The minimum atomic E-state index is -1.22. The fourth-order valence-electron chi connectivity index (χ4n) is 6.23. The summed E-state index contributed by atoms with van der Waals surface area (Å²) in [6.07, 6.45) is 0.996. The van der Waals surface area contributed by atoms with Crippen molar-refractivity contribution in [3.8, 4) is 5.75 Å². The van der Waals surface area contributed by atoms with E-state index in [1.165, 1.54) is 12.1 Å². The minimum absolute atomic E-state index is 0.0404. The minimum Gasteiger partial charge on any atom is -0.505 e. The molecule has 0 aromatic heterocycles. The predicted octanol–water partition coefficient (Wildman–Crippen LogP) is 3.41. The summed E-state index contributed by atoms with van der Waals surface area (Å²) >= 11 is 0. The number of nitrogens with zero attached hydrogens (tertiary/aromatic N) is 1. The van der Waals surface area contributed by atoms with Crippen molar-refractivity contribution >= 4 is 36.7 Å². The van der Waals surface area contributed by atoms with Crippen molar-refractivity contribution in [2.45, 2.75) is 31.7 Å². The summed E-state index contributed by atoms with van der Waals surface area (Å²) in [5.41, 5.74) is 3.50. The molecule has 2 saturated heterocycles. The molecule has 0 bridgehead atoms. The smallest absolute Gasteiger partial charge is 0.455 e. The SMILES string of the molecule is COC(=O)N1C(=O)[C@@H]2[C@@H](CC(CO)=C3[C@@H](CC/C(=C/c4ccc(O)c(F)c4)c4ccccc4)OB(O)C[C@@H]32)C1=O. The molecule has 2 heterocycles. The van der Waals surface area contributed by atoms with Crippen LogP contribution in [0.15, 0.2) is 59.7 Å². The number of hydrogen-bond donors (Lipinski definition) is 3. The zero-order chi connectivity index (χ0) is 28.6. The molecule has 9 nitrogen and oxygen atoms in total. The van der Waals surface area contributed by atoms with E-state index in [4.69, 9.17) is 4.65 Å². The van der Waals surface area contributed by atoms with Gasteiger partial charge in [0.25, 0.3) is 0 Å². The molecule has 0 saturated carbocycles. The van der Waals surface area contributed by atoms with Crippen LogP contribution in [0.25, 0.3) is 11.6 Å². The molecule has 40 heavy (non-hydrogen) atoms. The van der Waals surface area contributed by atoms with Gasteiger partial charge >= 0.3 is 13.2 Å². The van der Waals surface area contributed by atoms with Gasteiger partial charge in [-0.3, -0.25) is 9.59 Å². The van der Waals surface area contributed by atoms with Crippen LogP contribution in [0.5, 0.6) is 5.75 Å². The number of phenols is 1. The van der Waals surface area contributed by atoms with Crippen molar-refractivity contribution in [3.05, 3.63) is 76.6 Å². The normalized spacial score (nSPS) is 24.8. The van der Waals surface area contributed by atoms with Crippen LogP contribution in [0.2, 0.25) is 6.32 Å². The number of ether oxygens (including phenoxy) is 1. The van der Waals surface area contributed by atoms with Crippen LogP contribution in [-0.4, -0.2) is 65.0 Å². The molecular formula is C29H29BFNO8. The summed E-state index contributed by atoms with van der Waals surface area (Å²) in [6.45, 7) is -0.362. The molecule has 2 aromatic rings. The third kappa shape index (κ3) is 5.07. The second-order valence-electron chi connectivity index (χ2n) is 10.2. The number of imide groups is 3. The van der Waals surface area contributed by atoms with Crippen LogP contribution in [0, 0.1) is 23.6 Å². The van der Waals surface area contributed by atoms with Gasteiger partial charge in [-0.15, -0.1) is 0 Å². The first-order valence-electron chi connectivity index (χ1n) is 13.1. The molecule has 3 amide bonds. The molecule has 0 unspecified atom stereocenters. The van der Waals surface area contributed by atoms with Gasteiger partial charge in [0.1, 0.15) is 0 Å². The maximum Gasteiger partial charge on any atom is 0.455 e. The van der Waals surface area contributed by atoms with Gasteiger partial charge < -0.3 is 24.6 Å². The summed E-state index contributed by atoms with van der Waals surface area (Å²) in [7, 11) is -0.130. The van der Waals surface area contributed by atoms with Gasteiger partial charge in [0.05, 0.1) is 31.7 Å². The number of halogens is 1. The quantitative estimate of drug-likeness (QED) is 0.216. The van der Waals surface area contributed by atoms with E-state index in [2.05, 4.69) is 4.74 Å². The van der Waals surface area contributed by atoms with Crippen LogP contribution in [0.3, 0.4) is 0 Å². The zero-order valence-corrected chi connectivity index (χ0v) is 21.8. The van der Waals surface area contributed by atoms with Crippen molar-refractivity contribution < 1.29 is 43.4 Å². The monoisotopic (exact) mass is 549 g/mol. The van der Waals surface area contributed by atoms with Crippen molar-refractivity contribution in [1.29, 1.82) is 0 Å². The average Bonchev–Trinajstić information content (AvgIpc) is 3.21. The number of amides is 3. The Balaban J connectivity index is 1.47. The summed E-state index contributed by atoms with van der Waals surface area (Å²) in [5, 5.41) is 30.5. The van der Waals surface area contributed by atoms with Gasteiger partial charge in [-0.2, -0.15) is 4.90 Å². The van der Waals surface area contributed by atoms with Crippen molar-refractivity contribution in [2.24, 2.45) is 17.8 Å². The van der Waals surface area contributed by atoms with Crippen molar-refractivity contribution in [1.82, 2.24) is 4.90 Å². The first kappa shape index (κ1) is 27.8. The van der Waals surface area contributed by atoms with E-state index in [0.29, 0.717) is 34.5 Å². The topological polar surface area (TPSA) is 134 Å². The number of methoxy groups -OCH3 is 1. The number of phenolic OH excluding ortho intramolecular Hbond substituents is 1. The van der Waals surface area contributed by atoms with E-state index in [-0.39, 0.29) is 19.3 Å². The van der Waals surface area contributed by atoms with Crippen LogP contribution in [0.4, 0.5) is 9.18 Å². The fraction of sp³-hybridized carbons (Fsp3) is 0.345. The molecule has 2 fully saturated rings. The lowest BCUT2D eigenvalue weighted by Crippen LogP contribution is -2.46. The Hall–Kier alpha value is -3.80.